The predicted octanol–water partition coefficient (Wildman–Crippen LogP) is 5.89. The number of carbonyl (C=O) groups excluding carboxylic acids is 3. The Morgan fingerprint density at radius 3 is 2.27 bits per heavy atom. The second-order valence-electron chi connectivity index (χ2n) is 9.75. The van der Waals surface area contributed by atoms with Crippen molar-refractivity contribution in [1.82, 2.24) is 4.90 Å². The van der Waals surface area contributed by atoms with Crippen molar-refractivity contribution in [2.45, 2.75) is 12.1 Å². The van der Waals surface area contributed by atoms with E-state index in [1.807, 2.05) is 83.9 Å². The number of ketones is 1. The maximum absolute atomic E-state index is 14.1. The molecular formula is C31H21ClN2O3. The molecule has 2 saturated heterocycles. The maximum Gasteiger partial charge on any atom is 0.240 e. The molecule has 5 nitrogen and oxygen atoms in total. The van der Waals surface area contributed by atoms with E-state index in [2.05, 4.69) is 0 Å². The second-order valence-corrected chi connectivity index (χ2v) is 10.2. The highest BCUT2D eigenvalue weighted by Crippen LogP contribution is 2.53. The van der Waals surface area contributed by atoms with Gasteiger partial charge in [0, 0.05) is 16.8 Å². The Bertz CT molecular complexity index is 1640. The lowest BCUT2D eigenvalue weighted by molar-refractivity contribution is -0.123. The van der Waals surface area contributed by atoms with Crippen LogP contribution in [0.25, 0.3) is 16.8 Å². The molecule has 37 heavy (non-hydrogen) atoms. The minimum atomic E-state index is -0.803. The van der Waals surface area contributed by atoms with Crippen LogP contribution in [-0.4, -0.2) is 28.5 Å². The molecule has 4 aromatic carbocycles. The third-order valence-electron chi connectivity index (χ3n) is 7.85. The fraction of sp³-hybridized carbons (Fsp3) is 0.129. The molecule has 4 aromatic rings. The lowest BCUT2D eigenvalue weighted by Crippen LogP contribution is -2.44. The number of benzene rings is 4. The van der Waals surface area contributed by atoms with Crippen LogP contribution in [0.4, 0.5) is 5.69 Å². The highest BCUT2D eigenvalue weighted by atomic mass is 35.5. The largest absolute Gasteiger partial charge is 0.358 e. The monoisotopic (exact) mass is 504 g/mol. The number of anilines is 1. The highest BCUT2D eigenvalue weighted by Gasteiger charge is 2.64. The lowest BCUT2D eigenvalue weighted by Gasteiger charge is -2.35. The summed E-state index contributed by atoms with van der Waals surface area (Å²) in [6.07, 6.45) is 3.82. The number of carbonyl (C=O) groups is 3. The first-order chi connectivity index (χ1) is 18.0. The van der Waals surface area contributed by atoms with Gasteiger partial charge in [-0.3, -0.25) is 14.4 Å². The summed E-state index contributed by atoms with van der Waals surface area (Å²) in [5, 5.41) is 2.50. The molecule has 180 valence electrons. The van der Waals surface area contributed by atoms with Crippen LogP contribution in [0.5, 0.6) is 0 Å². The first kappa shape index (κ1) is 22.0. The zero-order chi connectivity index (χ0) is 25.3. The van der Waals surface area contributed by atoms with Gasteiger partial charge < -0.3 is 4.90 Å². The summed E-state index contributed by atoms with van der Waals surface area (Å²) in [7, 11) is 0. The number of imide groups is 1. The topological polar surface area (TPSA) is 57.7 Å². The average Bonchev–Trinajstić information content (AvgIpc) is 3.40. The first-order valence-electron chi connectivity index (χ1n) is 12.2. The number of nitrogens with zero attached hydrogens (tertiary/aromatic N) is 2. The van der Waals surface area contributed by atoms with Gasteiger partial charge >= 0.3 is 0 Å². The van der Waals surface area contributed by atoms with E-state index in [-0.39, 0.29) is 17.6 Å². The third kappa shape index (κ3) is 3.20. The fourth-order valence-corrected chi connectivity index (χ4v) is 6.34. The summed E-state index contributed by atoms with van der Waals surface area (Å²) < 4.78 is 0. The molecule has 3 aliphatic heterocycles. The van der Waals surface area contributed by atoms with Crippen molar-refractivity contribution in [3.63, 3.8) is 0 Å². The van der Waals surface area contributed by atoms with Crippen molar-refractivity contribution in [2.75, 3.05) is 4.90 Å². The molecule has 2 amide bonds. The SMILES string of the molecule is O=C(c1ccc(Cl)cc1)C1C2C(=O)N(c3ccc4ccccc4c3)C(=O)C2C2c3ccccc3C=CN12. The number of Topliss-reactive ketones (excluding diaryl/α,β-unsaturated/α-hetero) is 1. The van der Waals surface area contributed by atoms with Crippen molar-refractivity contribution in [3.8, 4) is 0 Å². The summed E-state index contributed by atoms with van der Waals surface area (Å²) in [4.78, 5) is 45.3. The van der Waals surface area contributed by atoms with E-state index >= 15 is 0 Å². The third-order valence-corrected chi connectivity index (χ3v) is 8.10. The molecule has 4 unspecified atom stereocenters. The minimum absolute atomic E-state index is 0.195. The molecule has 3 aliphatic rings. The molecule has 0 spiro atoms. The van der Waals surface area contributed by atoms with Gasteiger partial charge in [0.2, 0.25) is 11.8 Å². The van der Waals surface area contributed by atoms with Crippen LogP contribution in [0.2, 0.25) is 5.02 Å². The van der Waals surface area contributed by atoms with Gasteiger partial charge in [0.25, 0.3) is 0 Å². The van der Waals surface area contributed by atoms with Crippen LogP contribution < -0.4 is 4.90 Å². The predicted molar refractivity (Wildman–Crippen MR) is 143 cm³/mol. The zero-order valence-electron chi connectivity index (χ0n) is 19.6. The average molecular weight is 505 g/mol. The standard InChI is InChI=1S/C31H21ClN2O3/c32-22-12-9-20(10-13-22)29(35)28-26-25(27-24-8-4-3-6-19(24)15-16-33(27)28)30(36)34(31(26)37)23-14-11-18-5-1-2-7-21(18)17-23/h1-17,25-28H. The van der Waals surface area contributed by atoms with Crippen LogP contribution in [-0.2, 0) is 9.59 Å². The van der Waals surface area contributed by atoms with E-state index in [4.69, 9.17) is 11.6 Å². The van der Waals surface area contributed by atoms with Crippen molar-refractivity contribution >= 4 is 51.7 Å². The minimum Gasteiger partial charge on any atom is -0.358 e. The molecule has 2 fully saturated rings. The maximum atomic E-state index is 14.1. The molecule has 0 aromatic heterocycles. The molecular weight excluding hydrogens is 484 g/mol. The van der Waals surface area contributed by atoms with Gasteiger partial charge in [0.15, 0.2) is 5.78 Å². The van der Waals surface area contributed by atoms with Crippen molar-refractivity contribution in [3.05, 3.63) is 119 Å². The van der Waals surface area contributed by atoms with Gasteiger partial charge in [0.1, 0.15) is 6.04 Å². The van der Waals surface area contributed by atoms with Crippen LogP contribution >= 0.6 is 11.6 Å². The molecule has 0 radical (unpaired) electrons. The Kier molecular flexibility index (Phi) is 4.85. The molecule has 0 bridgehead atoms. The number of amides is 2. The van der Waals surface area contributed by atoms with E-state index in [1.165, 1.54) is 4.90 Å². The van der Waals surface area contributed by atoms with Gasteiger partial charge in [-0.15, -0.1) is 0 Å². The zero-order valence-corrected chi connectivity index (χ0v) is 20.4. The Morgan fingerprint density at radius 1 is 0.757 bits per heavy atom. The molecule has 3 heterocycles. The molecule has 6 heteroatoms. The Labute approximate surface area is 218 Å². The van der Waals surface area contributed by atoms with Gasteiger partial charge in [-0.25, -0.2) is 4.90 Å². The summed E-state index contributed by atoms with van der Waals surface area (Å²) in [6, 6.07) is 26.8. The number of fused-ring (bicyclic) bond motifs is 6. The Balaban J connectivity index is 1.37. The van der Waals surface area contributed by atoms with Crippen molar-refractivity contribution in [1.29, 1.82) is 0 Å². The quantitative estimate of drug-likeness (QED) is 0.258. The highest BCUT2D eigenvalue weighted by molar-refractivity contribution is 6.30. The van der Waals surface area contributed by atoms with Crippen LogP contribution in [0, 0.1) is 11.8 Å². The summed E-state index contributed by atoms with van der Waals surface area (Å²) in [5.41, 5.74) is 2.94. The fourth-order valence-electron chi connectivity index (χ4n) is 6.21. The lowest BCUT2D eigenvalue weighted by atomic mass is 9.83. The van der Waals surface area contributed by atoms with Crippen LogP contribution in [0.15, 0.2) is 97.2 Å². The summed E-state index contributed by atoms with van der Waals surface area (Å²) >= 11 is 6.06. The number of halogens is 1. The molecule has 0 saturated carbocycles. The first-order valence-corrected chi connectivity index (χ1v) is 12.6. The van der Waals surface area contributed by atoms with E-state index in [0.717, 1.165) is 21.9 Å². The van der Waals surface area contributed by atoms with Crippen molar-refractivity contribution in [2.24, 2.45) is 11.8 Å². The summed E-state index contributed by atoms with van der Waals surface area (Å²) in [5.74, 6) is -2.27. The number of hydrogen-bond acceptors (Lipinski definition) is 4. The number of rotatable bonds is 3. The van der Waals surface area contributed by atoms with Gasteiger partial charge in [0.05, 0.1) is 23.6 Å². The molecule has 7 rings (SSSR count). The smallest absolute Gasteiger partial charge is 0.240 e. The van der Waals surface area contributed by atoms with E-state index in [1.54, 1.807) is 24.3 Å². The van der Waals surface area contributed by atoms with Crippen molar-refractivity contribution < 1.29 is 14.4 Å². The molecule has 4 atom stereocenters. The van der Waals surface area contributed by atoms with Gasteiger partial charge in [-0.2, -0.15) is 0 Å². The molecule has 0 aliphatic carbocycles. The Morgan fingerprint density at radius 2 is 1.46 bits per heavy atom. The van der Waals surface area contributed by atoms with Gasteiger partial charge in [-0.1, -0.05) is 66.2 Å². The second kappa shape index (κ2) is 8.15. The summed E-state index contributed by atoms with van der Waals surface area (Å²) in [6.45, 7) is 0. The van der Waals surface area contributed by atoms with Crippen LogP contribution in [0.3, 0.4) is 0 Å². The number of hydrogen-bond donors (Lipinski definition) is 0. The van der Waals surface area contributed by atoms with E-state index in [9.17, 15) is 14.4 Å². The Hall–Kier alpha value is -4.22. The van der Waals surface area contributed by atoms with Crippen LogP contribution in [0.1, 0.15) is 27.5 Å². The normalized spacial score (nSPS) is 23.8. The van der Waals surface area contributed by atoms with Gasteiger partial charge in [-0.05, 0) is 64.4 Å². The molecule has 0 N–H and O–H groups in total. The van der Waals surface area contributed by atoms with E-state index in [0.29, 0.717) is 16.3 Å². The van der Waals surface area contributed by atoms with E-state index < -0.39 is 23.9 Å².